The number of aliphatic hydroxyl groups is 1. The van der Waals surface area contributed by atoms with Crippen molar-refractivity contribution in [1.29, 1.82) is 5.26 Å². The Morgan fingerprint density at radius 2 is 1.90 bits per heavy atom. The van der Waals surface area contributed by atoms with E-state index in [0.717, 1.165) is 22.4 Å². The summed E-state index contributed by atoms with van der Waals surface area (Å²) in [6.07, 6.45) is 0.935. The summed E-state index contributed by atoms with van der Waals surface area (Å²) in [5.41, 5.74) is 5.06. The molecule has 1 aromatic rings. The Bertz CT molecular complexity index is 1400. The summed E-state index contributed by atoms with van der Waals surface area (Å²) in [4.78, 5) is 43.2. The lowest BCUT2D eigenvalue weighted by molar-refractivity contribution is -0.134. The highest BCUT2D eigenvalue weighted by atomic mass is 16.5. The summed E-state index contributed by atoms with van der Waals surface area (Å²) in [6.45, 7) is 9.17. The van der Waals surface area contributed by atoms with Crippen LogP contribution in [-0.4, -0.2) is 77.2 Å². The molecule has 9 heteroatoms. The lowest BCUT2D eigenvalue weighted by atomic mass is 9.69. The molecule has 5 atom stereocenters. The van der Waals surface area contributed by atoms with Gasteiger partial charge in [0.15, 0.2) is 0 Å². The molecule has 2 N–H and O–H groups in total. The number of aryl methyl sites for hydroxylation is 1. The van der Waals surface area contributed by atoms with E-state index in [1.807, 2.05) is 18.9 Å². The van der Waals surface area contributed by atoms with Crippen molar-refractivity contribution < 1.29 is 24.2 Å². The molecule has 1 saturated heterocycles. The number of piperazine rings is 1. The van der Waals surface area contributed by atoms with Gasteiger partial charge in [-0.3, -0.25) is 24.2 Å². The molecule has 39 heavy (non-hydrogen) atoms. The van der Waals surface area contributed by atoms with E-state index in [4.69, 9.17) is 4.74 Å². The van der Waals surface area contributed by atoms with E-state index in [2.05, 4.69) is 29.3 Å². The minimum Gasteiger partial charge on any atom is -0.507 e. The normalized spacial score (nSPS) is 28.6. The van der Waals surface area contributed by atoms with Crippen LogP contribution < -0.4 is 10.1 Å². The molecule has 3 aliphatic heterocycles. The topological polar surface area (TPSA) is 123 Å². The third-order valence-electron chi connectivity index (χ3n) is 9.15. The number of likely N-dealkylation sites (N-methyl/N-ethyl adjacent to an activating group) is 1. The Labute approximate surface area is 229 Å². The Morgan fingerprint density at radius 3 is 2.51 bits per heavy atom. The van der Waals surface area contributed by atoms with Crippen LogP contribution >= 0.6 is 0 Å². The zero-order valence-electron chi connectivity index (χ0n) is 23.6. The van der Waals surface area contributed by atoms with Gasteiger partial charge < -0.3 is 15.2 Å². The highest BCUT2D eigenvalue weighted by molar-refractivity contribution is 6.50. The van der Waals surface area contributed by atoms with E-state index in [-0.39, 0.29) is 53.4 Å². The fourth-order valence-electron chi connectivity index (χ4n) is 7.32. The lowest BCUT2D eigenvalue weighted by Gasteiger charge is -2.60. The Morgan fingerprint density at radius 1 is 1.21 bits per heavy atom. The number of hydrogen-bond donors (Lipinski definition) is 2. The number of ketones is 2. The smallest absolute Gasteiger partial charge is 0.232 e. The van der Waals surface area contributed by atoms with Crippen molar-refractivity contribution >= 4 is 17.5 Å². The average molecular weight is 533 g/mol. The van der Waals surface area contributed by atoms with Crippen molar-refractivity contribution in [3.8, 4) is 11.8 Å². The quantitative estimate of drug-likeness (QED) is 0.448. The van der Waals surface area contributed by atoms with Gasteiger partial charge in [0.2, 0.25) is 17.5 Å². The zero-order chi connectivity index (χ0) is 28.5. The number of hydrogen-bond acceptors (Lipinski definition) is 8. The SMILES string of the molecule is COc1c(C)cc2c(c1C)[C@@H]1[C@@H]3CC4=C(C(=O)C(=O)C(C)=C4O)[C@H](CNC(=O)C(C)C)N3[C@@H](C#N)[C@H](C2)N1C. The van der Waals surface area contributed by atoms with E-state index < -0.39 is 23.7 Å². The maximum absolute atomic E-state index is 13.5. The fraction of sp³-hybridized carbons (Fsp3) is 0.533. The van der Waals surface area contributed by atoms with Crippen LogP contribution in [0.3, 0.4) is 0 Å². The second-order valence-corrected chi connectivity index (χ2v) is 11.5. The van der Waals surface area contributed by atoms with Crippen LogP contribution in [0, 0.1) is 31.1 Å². The van der Waals surface area contributed by atoms with Gasteiger partial charge in [-0.05, 0) is 62.9 Å². The lowest BCUT2D eigenvalue weighted by Crippen LogP contribution is -2.71. The number of carbonyl (C=O) groups excluding carboxylic acids is 3. The first-order chi connectivity index (χ1) is 18.4. The first-order valence-corrected chi connectivity index (χ1v) is 13.5. The molecule has 1 amide bonds. The standard InChI is InChI=1S/C30H36N4O5/c1-13(2)30(38)32-12-22-24-18(26(35)16(5)27(36)28(24)37)10-20-25-23-15(4)29(39-7)14(3)8-17(23)9-19(33(25)6)21(11-31)34(20)22/h8,13,19-22,25,35H,9-10,12H2,1-7H3,(H,32,38)/t19-,20-,21-,22-,25-/m0/s1. The van der Waals surface area contributed by atoms with Gasteiger partial charge in [-0.25, -0.2) is 0 Å². The fourth-order valence-corrected chi connectivity index (χ4v) is 7.32. The van der Waals surface area contributed by atoms with Crippen LogP contribution in [0.15, 0.2) is 28.5 Å². The molecule has 1 fully saturated rings. The van der Waals surface area contributed by atoms with E-state index in [1.165, 1.54) is 12.5 Å². The molecule has 0 unspecified atom stereocenters. The molecule has 9 nitrogen and oxygen atoms in total. The van der Waals surface area contributed by atoms with Crippen LogP contribution in [0.4, 0.5) is 0 Å². The van der Waals surface area contributed by atoms with Gasteiger partial charge >= 0.3 is 0 Å². The van der Waals surface area contributed by atoms with Crippen LogP contribution in [0.1, 0.15) is 55.5 Å². The van der Waals surface area contributed by atoms with E-state index in [9.17, 15) is 24.8 Å². The van der Waals surface area contributed by atoms with Crippen molar-refractivity contribution in [1.82, 2.24) is 15.1 Å². The van der Waals surface area contributed by atoms with Gasteiger partial charge in [0.1, 0.15) is 17.6 Å². The second kappa shape index (κ2) is 9.61. The molecule has 1 aliphatic carbocycles. The molecule has 0 saturated carbocycles. The predicted molar refractivity (Wildman–Crippen MR) is 144 cm³/mol. The van der Waals surface area contributed by atoms with Gasteiger partial charge in [0, 0.05) is 41.3 Å². The molecule has 206 valence electrons. The Kier molecular flexibility index (Phi) is 6.68. The van der Waals surface area contributed by atoms with Crippen molar-refractivity contribution in [2.45, 2.75) is 77.7 Å². The number of allylic oxidation sites excluding steroid dienone is 2. The number of ether oxygens (including phenoxy) is 1. The molecule has 2 bridgehead atoms. The van der Waals surface area contributed by atoms with Gasteiger partial charge in [-0.2, -0.15) is 5.26 Å². The van der Waals surface area contributed by atoms with E-state index >= 15 is 0 Å². The van der Waals surface area contributed by atoms with E-state index in [0.29, 0.717) is 18.4 Å². The van der Waals surface area contributed by atoms with Crippen molar-refractivity contribution in [3.05, 3.63) is 50.8 Å². The van der Waals surface area contributed by atoms with Crippen molar-refractivity contribution in [3.63, 3.8) is 0 Å². The number of nitrogens with one attached hydrogen (secondary N) is 1. The van der Waals surface area contributed by atoms with Gasteiger partial charge in [-0.1, -0.05) is 19.9 Å². The Hall–Kier alpha value is -3.48. The number of fused-ring (bicyclic) bond motifs is 6. The summed E-state index contributed by atoms with van der Waals surface area (Å²) >= 11 is 0. The zero-order valence-corrected chi connectivity index (χ0v) is 23.6. The molecule has 0 spiro atoms. The Balaban J connectivity index is 1.73. The third kappa shape index (κ3) is 3.84. The highest BCUT2D eigenvalue weighted by Crippen LogP contribution is 2.52. The minimum absolute atomic E-state index is 0.0357. The van der Waals surface area contributed by atoms with Crippen LogP contribution in [0.2, 0.25) is 0 Å². The molecule has 5 rings (SSSR count). The average Bonchev–Trinajstić information content (AvgIpc) is 2.89. The predicted octanol–water partition coefficient (Wildman–Crippen LogP) is 2.61. The largest absolute Gasteiger partial charge is 0.507 e. The van der Waals surface area contributed by atoms with Crippen molar-refractivity contribution in [2.24, 2.45) is 5.92 Å². The summed E-state index contributed by atoms with van der Waals surface area (Å²) in [6, 6.07) is 2.71. The number of benzene rings is 1. The molecule has 0 aromatic heterocycles. The third-order valence-corrected chi connectivity index (χ3v) is 9.15. The molecule has 4 aliphatic rings. The molecule has 3 heterocycles. The van der Waals surface area contributed by atoms with E-state index in [1.54, 1.807) is 21.0 Å². The van der Waals surface area contributed by atoms with Crippen molar-refractivity contribution in [2.75, 3.05) is 20.7 Å². The first kappa shape index (κ1) is 27.1. The molecular weight excluding hydrogens is 496 g/mol. The highest BCUT2D eigenvalue weighted by Gasteiger charge is 2.57. The second-order valence-electron chi connectivity index (χ2n) is 11.5. The number of carbonyl (C=O) groups is 3. The van der Waals surface area contributed by atoms with Gasteiger partial charge in [-0.15, -0.1) is 0 Å². The minimum atomic E-state index is -0.742. The van der Waals surface area contributed by atoms with Crippen LogP contribution in [0.5, 0.6) is 5.75 Å². The maximum Gasteiger partial charge on any atom is 0.232 e. The van der Waals surface area contributed by atoms with Crippen LogP contribution in [0.25, 0.3) is 0 Å². The summed E-state index contributed by atoms with van der Waals surface area (Å²) in [5, 5.41) is 24.6. The summed E-state index contributed by atoms with van der Waals surface area (Å²) < 4.78 is 5.77. The number of amides is 1. The number of nitriles is 1. The van der Waals surface area contributed by atoms with Gasteiger partial charge in [0.05, 0.1) is 25.3 Å². The molecule has 0 radical (unpaired) electrons. The van der Waals surface area contributed by atoms with Gasteiger partial charge in [0.25, 0.3) is 0 Å². The number of aliphatic hydroxyl groups excluding tert-OH is 1. The molecular formula is C30H36N4O5. The maximum atomic E-state index is 13.5. The number of rotatable bonds is 4. The number of Topliss-reactive ketones (excluding diaryl/α,β-unsaturated/α-hetero) is 2. The summed E-state index contributed by atoms with van der Waals surface area (Å²) in [7, 11) is 3.69. The monoisotopic (exact) mass is 532 g/mol. The number of methoxy groups -OCH3 is 1. The first-order valence-electron chi connectivity index (χ1n) is 13.5. The van der Waals surface area contributed by atoms with Crippen LogP contribution in [-0.2, 0) is 20.8 Å². The summed E-state index contributed by atoms with van der Waals surface area (Å²) in [5.74, 6) is -1.22. The number of nitrogens with zero attached hydrogens (tertiary/aromatic N) is 3. The molecule has 1 aromatic carbocycles.